The van der Waals surface area contributed by atoms with Gasteiger partial charge in [-0.3, -0.25) is 0 Å². The summed E-state index contributed by atoms with van der Waals surface area (Å²) < 4.78 is 1.79. The third-order valence-corrected chi connectivity index (χ3v) is 4.09. The first-order valence-corrected chi connectivity index (χ1v) is 6.87. The third-order valence-electron chi connectivity index (χ3n) is 4.09. The summed E-state index contributed by atoms with van der Waals surface area (Å²) >= 11 is 0. The van der Waals surface area contributed by atoms with E-state index in [4.69, 9.17) is 0 Å². The van der Waals surface area contributed by atoms with E-state index in [0.717, 1.165) is 29.8 Å². The standard InChI is InChI=1S/C14H20N4/c1-11-4-2-3-5-12(11)10-15-13-7-9-18-14(17-13)6-8-16-18/h6-9,11-12H,2-5,10H2,1H3,(H,15,17). The second-order valence-electron chi connectivity index (χ2n) is 5.35. The van der Waals surface area contributed by atoms with E-state index in [2.05, 4.69) is 22.3 Å². The molecule has 0 amide bonds. The van der Waals surface area contributed by atoms with Gasteiger partial charge < -0.3 is 5.32 Å². The molecule has 0 spiro atoms. The zero-order chi connectivity index (χ0) is 12.4. The van der Waals surface area contributed by atoms with Crippen molar-refractivity contribution in [1.82, 2.24) is 14.6 Å². The first kappa shape index (κ1) is 11.5. The summed E-state index contributed by atoms with van der Waals surface area (Å²) in [7, 11) is 0. The van der Waals surface area contributed by atoms with Gasteiger partial charge >= 0.3 is 0 Å². The average Bonchev–Trinajstić information content (AvgIpc) is 2.85. The van der Waals surface area contributed by atoms with Crippen molar-refractivity contribution < 1.29 is 0 Å². The number of anilines is 1. The van der Waals surface area contributed by atoms with Crippen molar-refractivity contribution in [2.45, 2.75) is 32.6 Å². The van der Waals surface area contributed by atoms with Crippen LogP contribution in [0, 0.1) is 11.8 Å². The van der Waals surface area contributed by atoms with Crippen molar-refractivity contribution in [2.75, 3.05) is 11.9 Å². The van der Waals surface area contributed by atoms with Crippen molar-refractivity contribution in [2.24, 2.45) is 11.8 Å². The highest BCUT2D eigenvalue weighted by molar-refractivity contribution is 5.45. The molecule has 0 aromatic carbocycles. The van der Waals surface area contributed by atoms with E-state index in [1.54, 1.807) is 10.7 Å². The third kappa shape index (κ3) is 2.33. The molecule has 2 aromatic rings. The highest BCUT2D eigenvalue weighted by Crippen LogP contribution is 2.29. The minimum Gasteiger partial charge on any atom is -0.370 e. The molecule has 2 heterocycles. The van der Waals surface area contributed by atoms with Crippen LogP contribution in [0.15, 0.2) is 24.5 Å². The zero-order valence-electron chi connectivity index (χ0n) is 10.8. The second-order valence-corrected chi connectivity index (χ2v) is 5.35. The Bertz CT molecular complexity index is 519. The van der Waals surface area contributed by atoms with Crippen LogP contribution in [-0.2, 0) is 0 Å². The van der Waals surface area contributed by atoms with Crippen LogP contribution in [0.4, 0.5) is 5.82 Å². The van der Waals surface area contributed by atoms with E-state index in [9.17, 15) is 0 Å². The zero-order valence-corrected chi connectivity index (χ0v) is 10.8. The van der Waals surface area contributed by atoms with E-state index < -0.39 is 0 Å². The Morgan fingerprint density at radius 1 is 1.33 bits per heavy atom. The van der Waals surface area contributed by atoms with Crippen LogP contribution in [0.2, 0.25) is 0 Å². The highest BCUT2D eigenvalue weighted by Gasteiger charge is 2.20. The predicted octanol–water partition coefficient (Wildman–Crippen LogP) is 2.97. The SMILES string of the molecule is CC1CCCCC1CNc1ccn2nccc2n1. The van der Waals surface area contributed by atoms with Crippen molar-refractivity contribution in [3.8, 4) is 0 Å². The van der Waals surface area contributed by atoms with Crippen LogP contribution in [0.3, 0.4) is 0 Å². The van der Waals surface area contributed by atoms with Crippen LogP contribution >= 0.6 is 0 Å². The Kier molecular flexibility index (Phi) is 3.17. The molecule has 2 aromatic heterocycles. The molecular formula is C14H20N4. The van der Waals surface area contributed by atoms with E-state index in [1.807, 2.05) is 18.3 Å². The molecular weight excluding hydrogens is 224 g/mol. The molecule has 0 bridgehead atoms. The van der Waals surface area contributed by atoms with Gasteiger partial charge in [0.15, 0.2) is 5.65 Å². The Morgan fingerprint density at radius 3 is 3.11 bits per heavy atom. The van der Waals surface area contributed by atoms with Gasteiger partial charge in [0, 0.05) is 18.8 Å². The van der Waals surface area contributed by atoms with Crippen LogP contribution in [0.25, 0.3) is 5.65 Å². The molecule has 4 nitrogen and oxygen atoms in total. The van der Waals surface area contributed by atoms with Crippen LogP contribution < -0.4 is 5.32 Å². The summed E-state index contributed by atoms with van der Waals surface area (Å²) in [5.74, 6) is 2.59. The summed E-state index contributed by atoms with van der Waals surface area (Å²) in [6.45, 7) is 3.41. The average molecular weight is 244 g/mol. The van der Waals surface area contributed by atoms with Gasteiger partial charge in [0.1, 0.15) is 5.82 Å². The molecule has 4 heteroatoms. The van der Waals surface area contributed by atoms with E-state index in [0.29, 0.717) is 0 Å². The molecule has 2 unspecified atom stereocenters. The Hall–Kier alpha value is -1.58. The molecule has 1 aliphatic carbocycles. The Morgan fingerprint density at radius 2 is 2.22 bits per heavy atom. The van der Waals surface area contributed by atoms with E-state index >= 15 is 0 Å². The first-order chi connectivity index (χ1) is 8.83. The Labute approximate surface area is 107 Å². The minimum atomic E-state index is 0.793. The van der Waals surface area contributed by atoms with Gasteiger partial charge in [-0.25, -0.2) is 9.50 Å². The van der Waals surface area contributed by atoms with Gasteiger partial charge in [-0.15, -0.1) is 0 Å². The van der Waals surface area contributed by atoms with Crippen molar-refractivity contribution in [1.29, 1.82) is 0 Å². The topological polar surface area (TPSA) is 42.2 Å². The molecule has 1 N–H and O–H groups in total. The molecule has 1 fully saturated rings. The van der Waals surface area contributed by atoms with Crippen LogP contribution in [0.5, 0.6) is 0 Å². The fraction of sp³-hybridized carbons (Fsp3) is 0.571. The number of rotatable bonds is 3. The van der Waals surface area contributed by atoms with E-state index in [1.165, 1.54) is 25.7 Å². The number of nitrogens with one attached hydrogen (secondary N) is 1. The van der Waals surface area contributed by atoms with Crippen LogP contribution in [0.1, 0.15) is 32.6 Å². The highest BCUT2D eigenvalue weighted by atomic mass is 15.2. The lowest BCUT2D eigenvalue weighted by molar-refractivity contribution is 0.268. The predicted molar refractivity (Wildman–Crippen MR) is 72.6 cm³/mol. The monoisotopic (exact) mass is 244 g/mol. The number of aromatic nitrogens is 3. The van der Waals surface area contributed by atoms with Gasteiger partial charge in [0.2, 0.25) is 0 Å². The summed E-state index contributed by atoms with van der Waals surface area (Å²) in [5.41, 5.74) is 0.900. The number of nitrogens with zero attached hydrogens (tertiary/aromatic N) is 3. The molecule has 0 saturated heterocycles. The summed E-state index contributed by atoms with van der Waals surface area (Å²) in [5, 5.41) is 7.62. The lowest BCUT2D eigenvalue weighted by Crippen LogP contribution is -2.24. The maximum atomic E-state index is 4.53. The van der Waals surface area contributed by atoms with Crippen molar-refractivity contribution in [3.63, 3.8) is 0 Å². The Balaban J connectivity index is 1.65. The lowest BCUT2D eigenvalue weighted by Gasteiger charge is -2.28. The largest absolute Gasteiger partial charge is 0.370 e. The summed E-state index contributed by atoms with van der Waals surface area (Å²) in [4.78, 5) is 4.53. The smallest absolute Gasteiger partial charge is 0.157 e. The maximum absolute atomic E-state index is 4.53. The number of fused-ring (bicyclic) bond motifs is 1. The quantitative estimate of drug-likeness (QED) is 0.902. The molecule has 2 atom stereocenters. The number of hydrogen-bond acceptors (Lipinski definition) is 3. The molecule has 1 saturated carbocycles. The van der Waals surface area contributed by atoms with Crippen molar-refractivity contribution in [3.05, 3.63) is 24.5 Å². The fourth-order valence-electron chi connectivity index (χ4n) is 2.84. The molecule has 3 rings (SSSR count). The van der Waals surface area contributed by atoms with Gasteiger partial charge in [-0.05, 0) is 24.3 Å². The van der Waals surface area contributed by atoms with Gasteiger partial charge in [0.25, 0.3) is 0 Å². The second kappa shape index (κ2) is 4.96. The van der Waals surface area contributed by atoms with Gasteiger partial charge in [0.05, 0.1) is 6.20 Å². The molecule has 96 valence electrons. The summed E-state index contributed by atoms with van der Waals surface area (Å²) in [6, 6.07) is 3.92. The summed E-state index contributed by atoms with van der Waals surface area (Å²) in [6.07, 6.45) is 9.23. The molecule has 0 radical (unpaired) electrons. The molecule has 0 aliphatic heterocycles. The number of hydrogen-bond donors (Lipinski definition) is 1. The fourth-order valence-corrected chi connectivity index (χ4v) is 2.84. The lowest BCUT2D eigenvalue weighted by atomic mass is 9.80. The molecule has 1 aliphatic rings. The first-order valence-electron chi connectivity index (χ1n) is 6.87. The van der Waals surface area contributed by atoms with Gasteiger partial charge in [-0.1, -0.05) is 26.2 Å². The maximum Gasteiger partial charge on any atom is 0.157 e. The van der Waals surface area contributed by atoms with Crippen molar-refractivity contribution >= 4 is 11.5 Å². The normalized spacial score (nSPS) is 24.3. The van der Waals surface area contributed by atoms with E-state index in [-0.39, 0.29) is 0 Å². The molecule has 18 heavy (non-hydrogen) atoms. The van der Waals surface area contributed by atoms with Gasteiger partial charge in [-0.2, -0.15) is 5.10 Å². The van der Waals surface area contributed by atoms with Crippen LogP contribution in [-0.4, -0.2) is 21.1 Å². The minimum absolute atomic E-state index is 0.793.